The van der Waals surface area contributed by atoms with Crippen molar-refractivity contribution >= 4 is 17.6 Å². The number of aromatic nitrogens is 2. The standard InChI is InChI=1S/C20H24N6O/c1-26(18-8-15-6-13(18)11-23-15)20-5-4-17(24-25-20)16-3-2-12(7-19(16)27)14(9-21)10-22/h2-5,7,9-10,13,15,18,21,23,27H,6,8,11,22H2,1H3/b14-10+,21-9?/t13-,15-,18+/m0/s1. The number of fused-ring (bicyclic) bond motifs is 2. The summed E-state index contributed by atoms with van der Waals surface area (Å²) in [7, 11) is 2.08. The summed E-state index contributed by atoms with van der Waals surface area (Å²) in [4.78, 5) is 2.23. The normalized spacial score (nSPS) is 24.2. The molecule has 0 radical (unpaired) electrons. The molecule has 4 rings (SSSR count). The molecule has 2 aliphatic rings. The lowest BCUT2D eigenvalue weighted by Gasteiger charge is -2.32. The van der Waals surface area contributed by atoms with Crippen LogP contribution in [0.25, 0.3) is 16.8 Å². The average molecular weight is 364 g/mol. The number of anilines is 1. The van der Waals surface area contributed by atoms with Gasteiger partial charge in [0, 0.05) is 49.2 Å². The van der Waals surface area contributed by atoms with Crippen molar-refractivity contribution in [1.82, 2.24) is 15.5 Å². The molecule has 2 bridgehead atoms. The van der Waals surface area contributed by atoms with Gasteiger partial charge in [-0.15, -0.1) is 10.2 Å². The number of aromatic hydroxyl groups is 1. The van der Waals surface area contributed by atoms with Crippen LogP contribution in [0.1, 0.15) is 18.4 Å². The summed E-state index contributed by atoms with van der Waals surface area (Å²) < 4.78 is 0. The van der Waals surface area contributed by atoms with E-state index in [9.17, 15) is 5.11 Å². The first-order valence-electron chi connectivity index (χ1n) is 9.16. The van der Waals surface area contributed by atoms with Crippen LogP contribution in [0.5, 0.6) is 5.75 Å². The van der Waals surface area contributed by atoms with Crippen molar-refractivity contribution in [3.8, 4) is 17.0 Å². The maximum absolute atomic E-state index is 10.4. The SMILES string of the molecule is CN(c1ccc(-c2ccc(/C(C=N)=C/N)cc2O)nn1)[C@@H]1C[C@@H]2C[C@H]1CN2. The summed E-state index contributed by atoms with van der Waals surface area (Å²) in [6.45, 7) is 1.08. The van der Waals surface area contributed by atoms with Gasteiger partial charge in [0.1, 0.15) is 5.75 Å². The zero-order valence-corrected chi connectivity index (χ0v) is 15.3. The fraction of sp³-hybridized carbons (Fsp3) is 0.350. The molecule has 1 aliphatic carbocycles. The second kappa shape index (κ2) is 7.00. The van der Waals surface area contributed by atoms with Gasteiger partial charge in [-0.25, -0.2) is 0 Å². The predicted molar refractivity (Wildman–Crippen MR) is 107 cm³/mol. The van der Waals surface area contributed by atoms with Crippen molar-refractivity contribution in [1.29, 1.82) is 5.41 Å². The van der Waals surface area contributed by atoms with Crippen LogP contribution in [0.15, 0.2) is 36.5 Å². The van der Waals surface area contributed by atoms with Gasteiger partial charge in [-0.3, -0.25) is 0 Å². The Morgan fingerprint density at radius 3 is 2.70 bits per heavy atom. The van der Waals surface area contributed by atoms with E-state index in [1.54, 1.807) is 12.1 Å². The number of nitrogens with one attached hydrogen (secondary N) is 2. The topological polar surface area (TPSA) is 111 Å². The number of piperidine rings is 1. The van der Waals surface area contributed by atoms with Crippen molar-refractivity contribution in [2.45, 2.75) is 24.9 Å². The molecule has 1 saturated heterocycles. The molecule has 7 heteroatoms. The Hall–Kier alpha value is -2.93. The van der Waals surface area contributed by atoms with Gasteiger partial charge in [0.05, 0.1) is 5.69 Å². The first kappa shape index (κ1) is 17.5. The second-order valence-electron chi connectivity index (χ2n) is 7.29. The Labute approximate surface area is 158 Å². The van der Waals surface area contributed by atoms with E-state index in [1.165, 1.54) is 12.6 Å². The Bertz CT molecular complexity index is 879. The molecule has 0 spiro atoms. The number of allylic oxidation sites excluding steroid dienone is 1. The number of phenolic OH excluding ortho intramolecular Hbond substituents is 1. The average Bonchev–Trinajstić information content (AvgIpc) is 3.32. The maximum Gasteiger partial charge on any atom is 0.151 e. The van der Waals surface area contributed by atoms with Crippen LogP contribution >= 0.6 is 0 Å². The van der Waals surface area contributed by atoms with E-state index in [0.717, 1.165) is 25.0 Å². The quantitative estimate of drug-likeness (QED) is 0.604. The van der Waals surface area contributed by atoms with Crippen molar-refractivity contribution in [2.75, 3.05) is 18.5 Å². The maximum atomic E-state index is 10.4. The molecule has 1 aromatic carbocycles. The van der Waals surface area contributed by atoms with Crippen LogP contribution < -0.4 is 16.0 Å². The molecular formula is C20H24N6O. The monoisotopic (exact) mass is 364 g/mol. The summed E-state index contributed by atoms with van der Waals surface area (Å²) in [6.07, 6.45) is 4.90. The predicted octanol–water partition coefficient (Wildman–Crippen LogP) is 1.98. The summed E-state index contributed by atoms with van der Waals surface area (Å²) in [6, 6.07) is 10.1. The summed E-state index contributed by atoms with van der Waals surface area (Å²) >= 11 is 0. The van der Waals surface area contributed by atoms with Crippen LogP contribution in [-0.2, 0) is 0 Å². The molecule has 2 aromatic rings. The highest BCUT2D eigenvalue weighted by Gasteiger charge is 2.41. The van der Waals surface area contributed by atoms with Gasteiger partial charge in [-0.05, 0) is 48.6 Å². The number of hydrogen-bond acceptors (Lipinski definition) is 7. The minimum Gasteiger partial charge on any atom is -0.507 e. The summed E-state index contributed by atoms with van der Waals surface area (Å²) in [5.74, 6) is 1.62. The molecule has 0 amide bonds. The van der Waals surface area contributed by atoms with Gasteiger partial charge in [0.2, 0.25) is 0 Å². The molecule has 1 aliphatic heterocycles. The Morgan fingerprint density at radius 2 is 2.15 bits per heavy atom. The molecule has 1 saturated carbocycles. The van der Waals surface area contributed by atoms with Crippen LogP contribution in [0, 0.1) is 11.3 Å². The third-order valence-corrected chi connectivity index (χ3v) is 5.78. The molecule has 27 heavy (non-hydrogen) atoms. The number of hydrogen-bond donors (Lipinski definition) is 4. The lowest BCUT2D eigenvalue weighted by Crippen LogP contribution is -2.43. The molecule has 2 heterocycles. The molecular weight excluding hydrogens is 340 g/mol. The van der Waals surface area contributed by atoms with E-state index < -0.39 is 0 Å². The first-order chi connectivity index (χ1) is 13.1. The fourth-order valence-corrected chi connectivity index (χ4v) is 4.26. The van der Waals surface area contributed by atoms with Gasteiger partial charge in [-0.2, -0.15) is 0 Å². The smallest absolute Gasteiger partial charge is 0.151 e. The van der Waals surface area contributed by atoms with E-state index in [2.05, 4.69) is 27.5 Å². The van der Waals surface area contributed by atoms with Crippen LogP contribution in [-0.4, -0.2) is 47.2 Å². The minimum absolute atomic E-state index is 0.0864. The third-order valence-electron chi connectivity index (χ3n) is 5.78. The van der Waals surface area contributed by atoms with Crippen molar-refractivity contribution in [3.63, 3.8) is 0 Å². The van der Waals surface area contributed by atoms with Crippen LogP contribution in [0.4, 0.5) is 5.82 Å². The molecule has 2 fully saturated rings. The zero-order valence-electron chi connectivity index (χ0n) is 15.3. The number of nitrogens with two attached hydrogens (primary N) is 1. The van der Waals surface area contributed by atoms with Gasteiger partial charge < -0.3 is 26.5 Å². The second-order valence-corrected chi connectivity index (χ2v) is 7.29. The Kier molecular flexibility index (Phi) is 4.53. The minimum atomic E-state index is 0.0864. The summed E-state index contributed by atoms with van der Waals surface area (Å²) in [5.41, 5.74) is 7.95. The van der Waals surface area contributed by atoms with Crippen molar-refractivity contribution in [2.24, 2.45) is 11.7 Å². The molecule has 7 nitrogen and oxygen atoms in total. The first-order valence-corrected chi connectivity index (χ1v) is 9.16. The highest BCUT2D eigenvalue weighted by atomic mass is 16.3. The van der Waals surface area contributed by atoms with Gasteiger partial charge in [-0.1, -0.05) is 6.07 Å². The van der Waals surface area contributed by atoms with Crippen LogP contribution in [0.3, 0.4) is 0 Å². The fourth-order valence-electron chi connectivity index (χ4n) is 4.26. The summed E-state index contributed by atoms with van der Waals surface area (Å²) in [5, 5.41) is 30.0. The number of benzene rings is 1. The van der Waals surface area contributed by atoms with E-state index in [4.69, 9.17) is 11.1 Å². The lowest BCUT2D eigenvalue weighted by atomic mass is 10.0. The largest absolute Gasteiger partial charge is 0.507 e. The molecule has 1 aromatic heterocycles. The van der Waals surface area contributed by atoms with Crippen molar-refractivity contribution in [3.05, 3.63) is 42.1 Å². The van der Waals surface area contributed by atoms with Gasteiger partial charge in [0.15, 0.2) is 5.82 Å². The highest BCUT2D eigenvalue weighted by Crippen LogP contribution is 2.36. The number of rotatable bonds is 5. The van der Waals surface area contributed by atoms with Crippen molar-refractivity contribution < 1.29 is 5.11 Å². The molecule has 3 atom stereocenters. The van der Waals surface area contributed by atoms with E-state index in [-0.39, 0.29) is 5.75 Å². The third kappa shape index (κ3) is 3.14. The Balaban J connectivity index is 1.54. The molecule has 140 valence electrons. The van der Waals surface area contributed by atoms with Crippen LogP contribution in [0.2, 0.25) is 0 Å². The highest BCUT2D eigenvalue weighted by molar-refractivity contribution is 6.08. The number of nitrogens with zero attached hydrogens (tertiary/aromatic N) is 3. The molecule has 0 unspecified atom stereocenters. The zero-order chi connectivity index (χ0) is 19.0. The van der Waals surface area contributed by atoms with Gasteiger partial charge >= 0.3 is 0 Å². The number of phenols is 1. The van der Waals surface area contributed by atoms with Gasteiger partial charge in [0.25, 0.3) is 0 Å². The molecule has 5 N–H and O–H groups in total. The lowest BCUT2D eigenvalue weighted by molar-refractivity contribution is 0.422. The van der Waals surface area contributed by atoms with E-state index >= 15 is 0 Å². The Morgan fingerprint density at radius 1 is 1.30 bits per heavy atom. The van der Waals surface area contributed by atoms with E-state index in [1.807, 2.05) is 18.2 Å². The van der Waals surface area contributed by atoms with E-state index in [0.29, 0.717) is 40.4 Å².